The predicted molar refractivity (Wildman–Crippen MR) is 123 cm³/mol. The number of carbonyl (C=O) groups excluding carboxylic acids is 3. The standard InChI is InChI=1S/C21H14BrN3O4S2/c22-13-7-5-12(6-8-13)19(27)25-24-18(26)11-29-21(28)17-10-9-16(30-17)20-23-14-3-1-2-4-15(14)31-20/h1-10H,11H2,(H,24,26)(H,25,27). The number of amides is 2. The molecule has 0 saturated heterocycles. The van der Waals surface area contributed by atoms with Crippen molar-refractivity contribution in [2.24, 2.45) is 0 Å². The van der Waals surface area contributed by atoms with Crippen molar-refractivity contribution in [2.45, 2.75) is 0 Å². The zero-order valence-electron chi connectivity index (χ0n) is 15.8. The first kappa shape index (κ1) is 21.2. The van der Waals surface area contributed by atoms with Crippen molar-refractivity contribution < 1.29 is 19.1 Å². The van der Waals surface area contributed by atoms with Crippen molar-refractivity contribution >= 4 is 66.6 Å². The van der Waals surface area contributed by atoms with Crippen LogP contribution in [0.4, 0.5) is 0 Å². The number of esters is 1. The van der Waals surface area contributed by atoms with E-state index in [-0.39, 0.29) is 0 Å². The van der Waals surface area contributed by atoms with Crippen LogP contribution in [0.1, 0.15) is 20.0 Å². The minimum atomic E-state index is -0.651. The van der Waals surface area contributed by atoms with E-state index < -0.39 is 24.4 Å². The number of para-hydroxylation sites is 1. The van der Waals surface area contributed by atoms with Crippen molar-refractivity contribution in [3.63, 3.8) is 0 Å². The maximum atomic E-state index is 12.3. The van der Waals surface area contributed by atoms with Gasteiger partial charge in [0.05, 0.1) is 15.1 Å². The molecule has 2 amide bonds. The number of hydrogen-bond acceptors (Lipinski definition) is 7. The number of benzene rings is 2. The molecule has 4 aromatic rings. The van der Waals surface area contributed by atoms with Gasteiger partial charge in [0.25, 0.3) is 11.8 Å². The van der Waals surface area contributed by atoms with Crippen molar-refractivity contribution in [2.75, 3.05) is 6.61 Å². The summed E-state index contributed by atoms with van der Waals surface area (Å²) in [6.07, 6.45) is 0. The molecule has 0 aliphatic heterocycles. The molecule has 0 atom stereocenters. The van der Waals surface area contributed by atoms with Gasteiger partial charge in [-0.05, 0) is 48.5 Å². The fourth-order valence-electron chi connectivity index (χ4n) is 2.58. The first-order chi connectivity index (χ1) is 15.0. The van der Waals surface area contributed by atoms with Crippen LogP contribution < -0.4 is 10.9 Å². The van der Waals surface area contributed by atoms with Gasteiger partial charge in [-0.1, -0.05) is 28.1 Å². The van der Waals surface area contributed by atoms with E-state index in [2.05, 4.69) is 31.8 Å². The summed E-state index contributed by atoms with van der Waals surface area (Å²) in [6.45, 7) is -0.520. The average Bonchev–Trinajstić information content (AvgIpc) is 3.43. The summed E-state index contributed by atoms with van der Waals surface area (Å²) in [5.41, 5.74) is 5.77. The van der Waals surface area contributed by atoms with Crippen molar-refractivity contribution in [1.82, 2.24) is 15.8 Å². The van der Waals surface area contributed by atoms with Gasteiger partial charge in [-0.2, -0.15) is 0 Å². The van der Waals surface area contributed by atoms with Crippen LogP contribution in [0.2, 0.25) is 0 Å². The summed E-state index contributed by atoms with van der Waals surface area (Å²) in [7, 11) is 0. The number of nitrogens with zero attached hydrogens (tertiary/aromatic N) is 1. The van der Waals surface area contributed by atoms with E-state index in [4.69, 9.17) is 4.74 Å². The van der Waals surface area contributed by atoms with Crippen LogP contribution in [0, 0.1) is 0 Å². The molecule has 2 aromatic carbocycles. The molecule has 31 heavy (non-hydrogen) atoms. The number of thiophene rings is 1. The van der Waals surface area contributed by atoms with Gasteiger partial charge in [0.15, 0.2) is 6.61 Å². The summed E-state index contributed by atoms with van der Waals surface area (Å²) >= 11 is 6.07. The SMILES string of the molecule is O=C(COC(=O)c1ccc(-c2nc3ccccc3s2)s1)NNC(=O)c1ccc(Br)cc1. The molecule has 0 fully saturated rings. The van der Waals surface area contributed by atoms with Gasteiger partial charge in [-0.15, -0.1) is 22.7 Å². The van der Waals surface area contributed by atoms with Crippen LogP contribution in [0.25, 0.3) is 20.1 Å². The number of aromatic nitrogens is 1. The number of hydrogen-bond donors (Lipinski definition) is 2. The fraction of sp³-hybridized carbons (Fsp3) is 0.0476. The van der Waals surface area contributed by atoms with Crippen LogP contribution >= 0.6 is 38.6 Å². The summed E-state index contributed by atoms with van der Waals surface area (Å²) in [6, 6.07) is 17.9. The topological polar surface area (TPSA) is 97.4 Å². The number of thiazole rings is 1. The molecular weight excluding hydrogens is 502 g/mol. The van der Waals surface area contributed by atoms with E-state index >= 15 is 0 Å². The van der Waals surface area contributed by atoms with Crippen molar-refractivity contribution in [3.8, 4) is 9.88 Å². The molecule has 0 spiro atoms. The van der Waals surface area contributed by atoms with Crippen molar-refractivity contribution in [3.05, 3.63) is 75.6 Å². The van der Waals surface area contributed by atoms with Gasteiger partial charge in [-0.25, -0.2) is 9.78 Å². The maximum absolute atomic E-state index is 12.3. The number of ether oxygens (including phenoxy) is 1. The molecule has 0 radical (unpaired) electrons. The normalized spacial score (nSPS) is 10.6. The lowest BCUT2D eigenvalue weighted by molar-refractivity contribution is -0.125. The molecule has 0 aliphatic carbocycles. The van der Waals surface area contributed by atoms with Gasteiger partial charge in [-0.3, -0.25) is 20.4 Å². The van der Waals surface area contributed by atoms with E-state index in [1.807, 2.05) is 24.3 Å². The molecule has 0 saturated carbocycles. The van der Waals surface area contributed by atoms with Crippen LogP contribution in [-0.4, -0.2) is 29.4 Å². The molecule has 7 nitrogen and oxygen atoms in total. The van der Waals surface area contributed by atoms with E-state index in [9.17, 15) is 14.4 Å². The Labute approximate surface area is 193 Å². The molecule has 2 aromatic heterocycles. The van der Waals surface area contributed by atoms with Gasteiger partial charge < -0.3 is 4.74 Å². The number of nitrogens with one attached hydrogen (secondary N) is 2. The Morgan fingerprint density at radius 3 is 2.48 bits per heavy atom. The highest BCUT2D eigenvalue weighted by Crippen LogP contribution is 2.34. The second-order valence-electron chi connectivity index (χ2n) is 6.24. The molecular formula is C21H14BrN3O4S2. The van der Waals surface area contributed by atoms with Gasteiger partial charge in [0.1, 0.15) is 9.88 Å². The van der Waals surface area contributed by atoms with Crippen LogP contribution in [0.15, 0.2) is 65.1 Å². The second-order valence-corrected chi connectivity index (χ2v) is 9.27. The lowest BCUT2D eigenvalue weighted by Gasteiger charge is -2.07. The van der Waals surface area contributed by atoms with Gasteiger partial charge >= 0.3 is 5.97 Å². The Morgan fingerprint density at radius 1 is 0.935 bits per heavy atom. The van der Waals surface area contributed by atoms with Crippen LogP contribution in [-0.2, 0) is 9.53 Å². The van der Waals surface area contributed by atoms with E-state index in [0.717, 1.165) is 24.6 Å². The number of carbonyl (C=O) groups is 3. The Balaban J connectivity index is 1.29. The number of fused-ring (bicyclic) bond motifs is 1. The molecule has 0 bridgehead atoms. The summed E-state index contributed by atoms with van der Waals surface area (Å²) in [5.74, 6) is -1.75. The maximum Gasteiger partial charge on any atom is 0.348 e. The number of hydrazine groups is 1. The van der Waals surface area contributed by atoms with E-state index in [0.29, 0.717) is 10.4 Å². The fourth-order valence-corrected chi connectivity index (χ4v) is 4.76. The molecule has 2 heterocycles. The zero-order chi connectivity index (χ0) is 21.8. The predicted octanol–water partition coefficient (Wildman–Crippen LogP) is 4.41. The minimum absolute atomic E-state index is 0.362. The van der Waals surface area contributed by atoms with Crippen LogP contribution in [0.3, 0.4) is 0 Å². The summed E-state index contributed by atoms with van der Waals surface area (Å²) < 4.78 is 6.94. The molecule has 4 rings (SSSR count). The Kier molecular flexibility index (Phi) is 6.40. The summed E-state index contributed by atoms with van der Waals surface area (Å²) in [5, 5.41) is 0.818. The van der Waals surface area contributed by atoms with Crippen LogP contribution in [0.5, 0.6) is 0 Å². The molecule has 10 heteroatoms. The van der Waals surface area contributed by atoms with Crippen molar-refractivity contribution in [1.29, 1.82) is 0 Å². The number of halogens is 1. The van der Waals surface area contributed by atoms with Gasteiger partial charge in [0, 0.05) is 10.0 Å². The largest absolute Gasteiger partial charge is 0.451 e. The third-order valence-electron chi connectivity index (χ3n) is 4.07. The lowest BCUT2D eigenvalue weighted by atomic mass is 10.2. The smallest absolute Gasteiger partial charge is 0.348 e. The Hall–Kier alpha value is -3.08. The van der Waals surface area contributed by atoms with E-state index in [1.54, 1.807) is 47.7 Å². The average molecular weight is 516 g/mol. The quantitative estimate of drug-likeness (QED) is 0.303. The van der Waals surface area contributed by atoms with E-state index in [1.165, 1.54) is 11.3 Å². The Bertz CT molecular complexity index is 1230. The highest BCUT2D eigenvalue weighted by Gasteiger charge is 2.16. The second kappa shape index (κ2) is 9.38. The molecule has 0 unspecified atom stereocenters. The first-order valence-corrected chi connectivity index (χ1v) is 11.4. The lowest BCUT2D eigenvalue weighted by Crippen LogP contribution is -2.43. The molecule has 0 aliphatic rings. The third-order valence-corrected chi connectivity index (χ3v) is 6.87. The molecule has 2 N–H and O–H groups in total. The highest BCUT2D eigenvalue weighted by molar-refractivity contribution is 9.10. The molecule has 156 valence electrons. The minimum Gasteiger partial charge on any atom is -0.451 e. The monoisotopic (exact) mass is 515 g/mol. The number of rotatable bonds is 5. The third kappa shape index (κ3) is 5.16. The Morgan fingerprint density at radius 2 is 1.71 bits per heavy atom. The first-order valence-electron chi connectivity index (χ1n) is 8.97. The van der Waals surface area contributed by atoms with Gasteiger partial charge in [0.2, 0.25) is 0 Å². The highest BCUT2D eigenvalue weighted by atomic mass is 79.9. The zero-order valence-corrected chi connectivity index (χ0v) is 19.0. The summed E-state index contributed by atoms with van der Waals surface area (Å²) in [4.78, 5) is 41.9.